The standard InChI is InChI=1S/C15H20N2O3/c18-14(19)9-12-7-8-13(10-16-12)17-15(20)11-5-3-1-2-4-6-11/h7-8,10-11H,1-6,9H2,(H,17,20)(H,18,19). The minimum atomic E-state index is -0.909. The van der Waals surface area contributed by atoms with Crippen LogP contribution < -0.4 is 5.32 Å². The molecule has 0 saturated heterocycles. The van der Waals surface area contributed by atoms with Gasteiger partial charge in [0.05, 0.1) is 24.0 Å². The van der Waals surface area contributed by atoms with Crippen LogP contribution in [0.2, 0.25) is 0 Å². The molecule has 5 nitrogen and oxygen atoms in total. The molecular weight excluding hydrogens is 256 g/mol. The Morgan fingerprint density at radius 2 is 1.90 bits per heavy atom. The number of aliphatic carboxylic acids is 1. The van der Waals surface area contributed by atoms with Gasteiger partial charge in [-0.2, -0.15) is 0 Å². The topological polar surface area (TPSA) is 79.3 Å². The van der Waals surface area contributed by atoms with E-state index in [1.165, 1.54) is 19.0 Å². The molecule has 1 aliphatic carbocycles. The summed E-state index contributed by atoms with van der Waals surface area (Å²) in [6.45, 7) is 0. The minimum absolute atomic E-state index is 0.0553. The highest BCUT2D eigenvalue weighted by Gasteiger charge is 2.20. The van der Waals surface area contributed by atoms with Crippen molar-refractivity contribution in [1.82, 2.24) is 4.98 Å². The number of nitrogens with one attached hydrogen (secondary N) is 1. The summed E-state index contributed by atoms with van der Waals surface area (Å²) in [5.74, 6) is -0.761. The SMILES string of the molecule is O=C(O)Cc1ccc(NC(=O)C2CCCCCC2)cn1. The van der Waals surface area contributed by atoms with E-state index in [9.17, 15) is 9.59 Å². The number of amides is 1. The van der Waals surface area contributed by atoms with Gasteiger partial charge in [-0.3, -0.25) is 14.6 Å². The monoisotopic (exact) mass is 276 g/mol. The van der Waals surface area contributed by atoms with Crippen molar-refractivity contribution in [2.45, 2.75) is 44.9 Å². The number of anilines is 1. The lowest BCUT2D eigenvalue weighted by Gasteiger charge is -2.14. The number of pyridine rings is 1. The predicted molar refractivity (Wildman–Crippen MR) is 75.4 cm³/mol. The summed E-state index contributed by atoms with van der Waals surface area (Å²) in [4.78, 5) is 26.8. The molecule has 0 radical (unpaired) electrons. The molecule has 0 bridgehead atoms. The van der Waals surface area contributed by atoms with Crippen LogP contribution in [0.15, 0.2) is 18.3 Å². The fourth-order valence-electron chi connectivity index (χ4n) is 2.54. The Morgan fingerprint density at radius 3 is 2.45 bits per heavy atom. The number of rotatable bonds is 4. The second-order valence-corrected chi connectivity index (χ2v) is 5.29. The van der Waals surface area contributed by atoms with Crippen LogP contribution in [0.25, 0.3) is 0 Å². The quantitative estimate of drug-likeness (QED) is 0.828. The number of hydrogen-bond donors (Lipinski definition) is 2. The van der Waals surface area contributed by atoms with Gasteiger partial charge >= 0.3 is 5.97 Å². The molecule has 1 aliphatic rings. The maximum Gasteiger partial charge on any atom is 0.309 e. The third-order valence-corrected chi connectivity index (χ3v) is 3.65. The summed E-state index contributed by atoms with van der Waals surface area (Å²) < 4.78 is 0. The van der Waals surface area contributed by atoms with E-state index in [0.29, 0.717) is 11.4 Å². The first-order chi connectivity index (χ1) is 9.65. The van der Waals surface area contributed by atoms with Crippen LogP contribution in [0.4, 0.5) is 5.69 Å². The first-order valence-electron chi connectivity index (χ1n) is 7.13. The first-order valence-corrected chi connectivity index (χ1v) is 7.13. The Kier molecular flexibility index (Phi) is 5.09. The van der Waals surface area contributed by atoms with Crippen LogP contribution in [0.5, 0.6) is 0 Å². The number of carboxylic acid groups (broad SMARTS) is 1. The zero-order valence-corrected chi connectivity index (χ0v) is 11.5. The molecular formula is C15H20N2O3. The second kappa shape index (κ2) is 7.03. The predicted octanol–water partition coefficient (Wildman–Crippen LogP) is 2.62. The van der Waals surface area contributed by atoms with Gasteiger partial charge in [0.2, 0.25) is 5.91 Å². The molecule has 5 heteroatoms. The molecule has 1 aromatic rings. The van der Waals surface area contributed by atoms with E-state index in [1.807, 2.05) is 0 Å². The van der Waals surface area contributed by atoms with Crippen LogP contribution in [0, 0.1) is 5.92 Å². The highest BCUT2D eigenvalue weighted by Crippen LogP contribution is 2.24. The van der Waals surface area contributed by atoms with Crippen LogP contribution in [0.3, 0.4) is 0 Å². The molecule has 0 aliphatic heterocycles. The molecule has 0 atom stereocenters. The Labute approximate surface area is 118 Å². The van der Waals surface area contributed by atoms with Crippen LogP contribution in [-0.4, -0.2) is 22.0 Å². The van der Waals surface area contributed by atoms with Crippen molar-refractivity contribution < 1.29 is 14.7 Å². The van der Waals surface area contributed by atoms with Crippen LogP contribution in [-0.2, 0) is 16.0 Å². The normalized spacial score (nSPS) is 16.4. The molecule has 1 heterocycles. The minimum Gasteiger partial charge on any atom is -0.481 e. The van der Waals surface area contributed by atoms with Gasteiger partial charge in [0.1, 0.15) is 0 Å². The van der Waals surface area contributed by atoms with Gasteiger partial charge < -0.3 is 10.4 Å². The van der Waals surface area contributed by atoms with Gasteiger partial charge in [-0.15, -0.1) is 0 Å². The molecule has 1 fully saturated rings. The average molecular weight is 276 g/mol. The summed E-state index contributed by atoms with van der Waals surface area (Å²) in [6.07, 6.45) is 8.00. The molecule has 1 aromatic heterocycles. The lowest BCUT2D eigenvalue weighted by molar-refractivity contribution is -0.136. The Morgan fingerprint density at radius 1 is 1.20 bits per heavy atom. The number of carboxylic acids is 1. The van der Waals surface area contributed by atoms with Crippen molar-refractivity contribution >= 4 is 17.6 Å². The maximum absolute atomic E-state index is 12.1. The third-order valence-electron chi connectivity index (χ3n) is 3.65. The van der Waals surface area contributed by atoms with E-state index in [4.69, 9.17) is 5.11 Å². The highest BCUT2D eigenvalue weighted by atomic mass is 16.4. The first kappa shape index (κ1) is 14.5. The number of carbonyl (C=O) groups excluding carboxylic acids is 1. The molecule has 0 unspecified atom stereocenters. The zero-order chi connectivity index (χ0) is 14.4. The van der Waals surface area contributed by atoms with E-state index >= 15 is 0 Å². The molecule has 1 saturated carbocycles. The lowest BCUT2D eigenvalue weighted by Crippen LogP contribution is -2.22. The summed E-state index contributed by atoms with van der Waals surface area (Å²) in [6, 6.07) is 3.34. The molecule has 0 spiro atoms. The molecule has 0 aromatic carbocycles. The maximum atomic E-state index is 12.1. The zero-order valence-electron chi connectivity index (χ0n) is 11.5. The van der Waals surface area contributed by atoms with E-state index < -0.39 is 5.97 Å². The second-order valence-electron chi connectivity index (χ2n) is 5.29. The number of carbonyl (C=O) groups is 2. The summed E-state index contributed by atoms with van der Waals surface area (Å²) in [5.41, 5.74) is 1.12. The van der Waals surface area contributed by atoms with E-state index in [-0.39, 0.29) is 18.2 Å². The summed E-state index contributed by atoms with van der Waals surface area (Å²) in [5, 5.41) is 11.5. The van der Waals surface area contributed by atoms with Gasteiger partial charge in [-0.05, 0) is 25.0 Å². The fourth-order valence-corrected chi connectivity index (χ4v) is 2.54. The lowest BCUT2D eigenvalue weighted by atomic mass is 9.99. The van der Waals surface area contributed by atoms with Crippen molar-refractivity contribution in [1.29, 1.82) is 0 Å². The van der Waals surface area contributed by atoms with E-state index in [0.717, 1.165) is 25.7 Å². The largest absolute Gasteiger partial charge is 0.481 e. The number of hydrogen-bond acceptors (Lipinski definition) is 3. The van der Waals surface area contributed by atoms with Crippen molar-refractivity contribution in [3.63, 3.8) is 0 Å². The van der Waals surface area contributed by atoms with Gasteiger partial charge in [0, 0.05) is 5.92 Å². The summed E-state index contributed by atoms with van der Waals surface area (Å²) in [7, 11) is 0. The number of aromatic nitrogens is 1. The van der Waals surface area contributed by atoms with Gasteiger partial charge in [0.15, 0.2) is 0 Å². The van der Waals surface area contributed by atoms with Crippen molar-refractivity contribution in [2.24, 2.45) is 5.92 Å². The van der Waals surface area contributed by atoms with Gasteiger partial charge in [0.25, 0.3) is 0 Å². The van der Waals surface area contributed by atoms with Crippen LogP contribution in [0.1, 0.15) is 44.2 Å². The fraction of sp³-hybridized carbons (Fsp3) is 0.533. The Hall–Kier alpha value is -1.91. The van der Waals surface area contributed by atoms with Crippen molar-refractivity contribution in [3.05, 3.63) is 24.0 Å². The average Bonchev–Trinajstić information content (AvgIpc) is 2.69. The summed E-state index contributed by atoms with van der Waals surface area (Å²) >= 11 is 0. The van der Waals surface area contributed by atoms with E-state index in [1.54, 1.807) is 12.1 Å². The Bertz CT molecular complexity index is 463. The van der Waals surface area contributed by atoms with E-state index in [2.05, 4.69) is 10.3 Å². The van der Waals surface area contributed by atoms with Gasteiger partial charge in [-0.1, -0.05) is 25.7 Å². The molecule has 108 valence electrons. The number of nitrogens with zero attached hydrogens (tertiary/aromatic N) is 1. The van der Waals surface area contributed by atoms with Crippen molar-refractivity contribution in [3.8, 4) is 0 Å². The van der Waals surface area contributed by atoms with Crippen molar-refractivity contribution in [2.75, 3.05) is 5.32 Å². The third kappa shape index (κ3) is 4.33. The molecule has 1 amide bonds. The Balaban J connectivity index is 1.91. The highest BCUT2D eigenvalue weighted by molar-refractivity contribution is 5.92. The molecule has 2 N–H and O–H groups in total. The molecule has 20 heavy (non-hydrogen) atoms. The van der Waals surface area contributed by atoms with Gasteiger partial charge in [-0.25, -0.2) is 0 Å². The smallest absolute Gasteiger partial charge is 0.309 e. The van der Waals surface area contributed by atoms with Crippen LogP contribution >= 0.6 is 0 Å². The molecule has 2 rings (SSSR count).